The highest BCUT2D eigenvalue weighted by atomic mass is 35.5. The first-order chi connectivity index (χ1) is 16.2. The maximum Gasteiger partial charge on any atom is 0.417 e. The Labute approximate surface area is 202 Å². The maximum atomic E-state index is 15.3. The van der Waals surface area contributed by atoms with Gasteiger partial charge in [0.1, 0.15) is 5.52 Å². The largest absolute Gasteiger partial charge is 0.417 e. The van der Waals surface area contributed by atoms with Gasteiger partial charge in [-0.15, -0.1) is 12.4 Å². The van der Waals surface area contributed by atoms with E-state index in [4.69, 9.17) is 4.74 Å². The van der Waals surface area contributed by atoms with Crippen molar-refractivity contribution in [1.29, 1.82) is 0 Å². The number of imidazole rings is 1. The van der Waals surface area contributed by atoms with Crippen LogP contribution in [0.3, 0.4) is 0 Å². The van der Waals surface area contributed by atoms with E-state index >= 15 is 4.39 Å². The molecule has 7 nitrogen and oxygen atoms in total. The molecule has 12 heteroatoms. The summed E-state index contributed by atoms with van der Waals surface area (Å²) in [5.74, 6) is -0.975. The topological polar surface area (TPSA) is 86.9 Å². The van der Waals surface area contributed by atoms with E-state index in [0.717, 1.165) is 12.1 Å². The normalized spacial score (nSPS) is 16.4. The van der Waals surface area contributed by atoms with E-state index < -0.39 is 28.9 Å². The van der Waals surface area contributed by atoms with Crippen molar-refractivity contribution in [3.63, 3.8) is 0 Å². The SMILES string of the molecule is C[C@@H]1COCCN1c1ncc2[nH]c(-c3cc(C(=O)c4ccccc4C(F)(F)F)c[nH]3)nc2c1F.Cl. The number of hydrogen-bond donors (Lipinski definition) is 2. The second kappa shape index (κ2) is 9.31. The summed E-state index contributed by atoms with van der Waals surface area (Å²) in [7, 11) is 0. The van der Waals surface area contributed by atoms with Gasteiger partial charge in [-0.1, -0.05) is 18.2 Å². The zero-order valence-electron chi connectivity index (χ0n) is 18.3. The molecule has 184 valence electrons. The molecule has 3 aromatic heterocycles. The smallest absolute Gasteiger partial charge is 0.377 e. The Morgan fingerprint density at radius 3 is 2.77 bits per heavy atom. The van der Waals surface area contributed by atoms with Crippen molar-refractivity contribution in [3.05, 3.63) is 65.2 Å². The number of benzene rings is 1. The van der Waals surface area contributed by atoms with E-state index in [1.165, 1.54) is 30.6 Å². The number of nitrogens with one attached hydrogen (secondary N) is 2. The van der Waals surface area contributed by atoms with Gasteiger partial charge in [-0.2, -0.15) is 13.2 Å². The van der Waals surface area contributed by atoms with Crippen LogP contribution in [0.25, 0.3) is 22.6 Å². The number of ether oxygens (including phenoxy) is 1. The third kappa shape index (κ3) is 4.48. The van der Waals surface area contributed by atoms with Gasteiger partial charge >= 0.3 is 6.18 Å². The lowest BCUT2D eigenvalue weighted by Gasteiger charge is -2.34. The molecule has 35 heavy (non-hydrogen) atoms. The van der Waals surface area contributed by atoms with Crippen molar-refractivity contribution in [2.24, 2.45) is 0 Å². The second-order valence-electron chi connectivity index (χ2n) is 8.04. The summed E-state index contributed by atoms with van der Waals surface area (Å²) in [6.07, 6.45) is -1.89. The molecule has 1 fully saturated rings. The number of carbonyl (C=O) groups is 1. The molecule has 1 saturated heterocycles. The van der Waals surface area contributed by atoms with Crippen LogP contribution >= 0.6 is 12.4 Å². The summed E-state index contributed by atoms with van der Waals surface area (Å²) in [4.78, 5) is 28.9. The predicted octanol–water partition coefficient (Wildman–Crippen LogP) is 4.99. The van der Waals surface area contributed by atoms with Crippen LogP contribution in [0.15, 0.2) is 42.7 Å². The summed E-state index contributed by atoms with van der Waals surface area (Å²) in [5, 5.41) is 0. The predicted molar refractivity (Wildman–Crippen MR) is 123 cm³/mol. The number of aromatic amines is 2. The van der Waals surface area contributed by atoms with Gasteiger partial charge in [-0.3, -0.25) is 4.79 Å². The molecule has 4 aromatic rings. The van der Waals surface area contributed by atoms with Crippen LogP contribution < -0.4 is 4.90 Å². The minimum atomic E-state index is -4.66. The summed E-state index contributed by atoms with van der Waals surface area (Å²) in [5.41, 5.74) is -0.696. The highest BCUT2D eigenvalue weighted by Gasteiger charge is 2.35. The first-order valence-electron chi connectivity index (χ1n) is 10.5. The highest BCUT2D eigenvalue weighted by Crippen LogP contribution is 2.33. The highest BCUT2D eigenvalue weighted by molar-refractivity contribution is 6.10. The number of hydrogen-bond acceptors (Lipinski definition) is 5. The average molecular weight is 510 g/mol. The van der Waals surface area contributed by atoms with Crippen LogP contribution in [0.5, 0.6) is 0 Å². The van der Waals surface area contributed by atoms with E-state index in [1.54, 1.807) is 0 Å². The van der Waals surface area contributed by atoms with Gasteiger partial charge in [0, 0.05) is 23.9 Å². The molecule has 0 unspecified atom stereocenters. The summed E-state index contributed by atoms with van der Waals surface area (Å²) < 4.78 is 60.6. The minimum Gasteiger partial charge on any atom is -0.377 e. The molecular weight excluding hydrogens is 490 g/mol. The minimum absolute atomic E-state index is 0. The van der Waals surface area contributed by atoms with E-state index in [2.05, 4.69) is 19.9 Å². The number of halogens is 5. The van der Waals surface area contributed by atoms with Crippen molar-refractivity contribution >= 4 is 35.0 Å². The number of aromatic nitrogens is 4. The average Bonchev–Trinajstić information content (AvgIpc) is 3.47. The fraction of sp³-hybridized carbons (Fsp3) is 0.261. The zero-order chi connectivity index (χ0) is 24.0. The Hall–Kier alpha value is -3.44. The summed E-state index contributed by atoms with van der Waals surface area (Å²) in [6, 6.07) is 5.92. The molecule has 0 spiro atoms. The van der Waals surface area contributed by atoms with Gasteiger partial charge in [-0.05, 0) is 19.1 Å². The Bertz CT molecular complexity index is 1380. The zero-order valence-corrected chi connectivity index (χ0v) is 19.1. The Balaban J connectivity index is 0.00000289. The van der Waals surface area contributed by atoms with Crippen molar-refractivity contribution in [2.75, 3.05) is 24.7 Å². The van der Waals surface area contributed by atoms with Gasteiger partial charge in [0.25, 0.3) is 0 Å². The van der Waals surface area contributed by atoms with Crippen LogP contribution in [0.4, 0.5) is 23.4 Å². The van der Waals surface area contributed by atoms with E-state index in [0.29, 0.717) is 31.0 Å². The fourth-order valence-corrected chi connectivity index (χ4v) is 4.05. The van der Waals surface area contributed by atoms with Crippen LogP contribution in [0.1, 0.15) is 28.4 Å². The van der Waals surface area contributed by atoms with Gasteiger partial charge in [0.15, 0.2) is 23.2 Å². The Morgan fingerprint density at radius 2 is 2.03 bits per heavy atom. The number of pyridine rings is 1. The fourth-order valence-electron chi connectivity index (χ4n) is 4.05. The van der Waals surface area contributed by atoms with Crippen molar-refractivity contribution in [2.45, 2.75) is 19.1 Å². The number of alkyl halides is 3. The van der Waals surface area contributed by atoms with Gasteiger partial charge in [0.2, 0.25) is 0 Å². The summed E-state index contributed by atoms with van der Waals surface area (Å²) >= 11 is 0. The molecule has 1 aromatic carbocycles. The van der Waals surface area contributed by atoms with Gasteiger partial charge < -0.3 is 19.6 Å². The van der Waals surface area contributed by atoms with Crippen molar-refractivity contribution < 1.29 is 27.1 Å². The number of nitrogens with zero attached hydrogens (tertiary/aromatic N) is 3. The van der Waals surface area contributed by atoms with Crippen LogP contribution in [-0.2, 0) is 10.9 Å². The van der Waals surface area contributed by atoms with Crippen LogP contribution in [-0.4, -0.2) is 51.5 Å². The molecule has 0 aliphatic carbocycles. The number of morpholine rings is 1. The number of rotatable bonds is 4. The quantitative estimate of drug-likeness (QED) is 0.299. The third-order valence-corrected chi connectivity index (χ3v) is 5.77. The lowest BCUT2D eigenvalue weighted by molar-refractivity contribution is -0.137. The number of ketones is 1. The number of carbonyl (C=O) groups excluding carboxylic acids is 1. The molecular formula is C23H20ClF4N5O2. The second-order valence-corrected chi connectivity index (χ2v) is 8.04. The van der Waals surface area contributed by atoms with Crippen molar-refractivity contribution in [3.8, 4) is 11.5 Å². The molecule has 4 heterocycles. The standard InChI is InChI=1S/C23H19F4N5O2.ClH/c1-12-11-34-7-6-32(12)22-18(24)19-17(10-29-22)30-21(31-19)16-8-13(9-28-16)20(33)14-4-2-3-5-15(14)23(25,26)27;/h2-5,8-10,12,28H,6-7,11H2,1H3,(H,30,31);1H/t12-;/m1./s1. The number of H-pyrrole nitrogens is 2. The lowest BCUT2D eigenvalue weighted by Crippen LogP contribution is -2.44. The Kier molecular flexibility index (Phi) is 6.56. The first-order valence-corrected chi connectivity index (χ1v) is 10.5. The van der Waals surface area contributed by atoms with Gasteiger partial charge in [0.05, 0.1) is 42.2 Å². The molecule has 1 aliphatic heterocycles. The third-order valence-electron chi connectivity index (χ3n) is 5.77. The first kappa shape index (κ1) is 24.7. The monoisotopic (exact) mass is 509 g/mol. The van der Waals surface area contributed by atoms with E-state index in [9.17, 15) is 18.0 Å². The lowest BCUT2D eigenvalue weighted by atomic mass is 9.99. The van der Waals surface area contributed by atoms with Crippen LogP contribution in [0.2, 0.25) is 0 Å². The molecule has 1 atom stereocenters. The number of anilines is 1. The molecule has 0 saturated carbocycles. The molecule has 0 bridgehead atoms. The van der Waals surface area contributed by atoms with Gasteiger partial charge in [-0.25, -0.2) is 14.4 Å². The maximum absolute atomic E-state index is 15.3. The molecule has 0 amide bonds. The van der Waals surface area contributed by atoms with Crippen LogP contribution in [0, 0.1) is 5.82 Å². The van der Waals surface area contributed by atoms with E-state index in [1.807, 2.05) is 11.8 Å². The Morgan fingerprint density at radius 1 is 1.26 bits per heavy atom. The molecule has 0 radical (unpaired) electrons. The molecule has 5 rings (SSSR count). The molecule has 2 N–H and O–H groups in total. The van der Waals surface area contributed by atoms with Crippen molar-refractivity contribution in [1.82, 2.24) is 19.9 Å². The van der Waals surface area contributed by atoms with E-state index in [-0.39, 0.29) is 41.2 Å². The summed E-state index contributed by atoms with van der Waals surface area (Å²) in [6.45, 7) is 3.33. The number of fused-ring (bicyclic) bond motifs is 1. The molecule has 1 aliphatic rings.